The Hall–Kier alpha value is -1.22. The van der Waals surface area contributed by atoms with Crippen molar-refractivity contribution in [1.29, 1.82) is 0 Å². The van der Waals surface area contributed by atoms with Gasteiger partial charge in [-0.15, -0.1) is 0 Å². The van der Waals surface area contributed by atoms with E-state index in [9.17, 15) is 4.79 Å². The minimum atomic E-state index is -0.380. The molecule has 0 fully saturated rings. The number of hydrogen-bond acceptors (Lipinski definition) is 3. The first-order chi connectivity index (χ1) is 7.04. The maximum atomic E-state index is 11.5. The third-order valence-electron chi connectivity index (χ3n) is 1.73. The Morgan fingerprint density at radius 3 is 2.53 bits per heavy atom. The van der Waals surface area contributed by atoms with Crippen molar-refractivity contribution in [3.63, 3.8) is 0 Å². The van der Waals surface area contributed by atoms with E-state index in [1.54, 1.807) is 26.0 Å². The normalized spacial score (nSPS) is 10.2. The summed E-state index contributed by atoms with van der Waals surface area (Å²) >= 11 is 5.88. The minimum absolute atomic E-state index is 0.140. The zero-order valence-corrected chi connectivity index (χ0v) is 9.67. The van der Waals surface area contributed by atoms with Crippen molar-refractivity contribution >= 4 is 17.6 Å². The number of ether oxygens (including phenoxy) is 2. The molecule has 0 aliphatic rings. The van der Waals surface area contributed by atoms with Gasteiger partial charge in [0.05, 0.1) is 23.8 Å². The lowest BCUT2D eigenvalue weighted by atomic mass is 10.2. The molecule has 0 saturated heterocycles. The lowest BCUT2D eigenvalue weighted by Crippen LogP contribution is -2.11. The molecular formula is C11H13ClO3. The number of hydrogen-bond donors (Lipinski definition) is 0. The predicted octanol–water partition coefficient (Wildman–Crippen LogP) is 2.91. The first-order valence-corrected chi connectivity index (χ1v) is 4.97. The fourth-order valence-corrected chi connectivity index (χ4v) is 1.33. The van der Waals surface area contributed by atoms with Crippen LogP contribution >= 0.6 is 11.6 Å². The highest BCUT2D eigenvalue weighted by atomic mass is 35.5. The van der Waals surface area contributed by atoms with E-state index in [4.69, 9.17) is 21.1 Å². The van der Waals surface area contributed by atoms with E-state index in [0.29, 0.717) is 16.3 Å². The number of rotatable bonds is 3. The van der Waals surface area contributed by atoms with Crippen molar-refractivity contribution in [2.45, 2.75) is 20.0 Å². The van der Waals surface area contributed by atoms with Crippen LogP contribution in [-0.4, -0.2) is 19.2 Å². The number of methoxy groups -OCH3 is 1. The second kappa shape index (κ2) is 5.03. The van der Waals surface area contributed by atoms with Gasteiger partial charge in [-0.25, -0.2) is 4.79 Å². The molecule has 4 heteroatoms. The standard InChI is InChI=1S/C11H13ClO3/c1-7(2)15-11(13)8-4-5-10(14-3)9(12)6-8/h4-7H,1-3H3. The molecule has 0 N–H and O–H groups in total. The van der Waals surface area contributed by atoms with Gasteiger partial charge in [-0.3, -0.25) is 0 Å². The highest BCUT2D eigenvalue weighted by molar-refractivity contribution is 6.32. The van der Waals surface area contributed by atoms with E-state index < -0.39 is 0 Å². The van der Waals surface area contributed by atoms with Gasteiger partial charge in [-0.1, -0.05) is 11.6 Å². The van der Waals surface area contributed by atoms with Gasteiger partial charge in [-0.2, -0.15) is 0 Å². The second-order valence-corrected chi connectivity index (χ2v) is 3.71. The summed E-state index contributed by atoms with van der Waals surface area (Å²) in [4.78, 5) is 11.5. The van der Waals surface area contributed by atoms with Crippen LogP contribution in [0.3, 0.4) is 0 Å². The zero-order valence-electron chi connectivity index (χ0n) is 8.91. The third-order valence-corrected chi connectivity index (χ3v) is 2.03. The van der Waals surface area contributed by atoms with Crippen LogP contribution in [0, 0.1) is 0 Å². The molecule has 15 heavy (non-hydrogen) atoms. The minimum Gasteiger partial charge on any atom is -0.495 e. The van der Waals surface area contributed by atoms with Crippen LogP contribution in [0.25, 0.3) is 0 Å². The van der Waals surface area contributed by atoms with Crippen molar-refractivity contribution in [3.8, 4) is 5.75 Å². The average molecular weight is 229 g/mol. The molecule has 0 saturated carbocycles. The lowest BCUT2D eigenvalue weighted by Gasteiger charge is -2.09. The number of esters is 1. The van der Waals surface area contributed by atoms with Crippen LogP contribution < -0.4 is 4.74 Å². The Kier molecular flexibility index (Phi) is 3.97. The van der Waals surface area contributed by atoms with Crippen molar-refractivity contribution in [3.05, 3.63) is 28.8 Å². The molecule has 1 aromatic carbocycles. The van der Waals surface area contributed by atoms with Crippen LogP contribution in [0.2, 0.25) is 5.02 Å². The molecular weight excluding hydrogens is 216 g/mol. The molecule has 0 unspecified atom stereocenters. The number of benzene rings is 1. The Bertz CT molecular complexity index is 361. The molecule has 0 radical (unpaired) electrons. The number of carbonyl (C=O) groups excluding carboxylic acids is 1. The summed E-state index contributed by atoms with van der Waals surface area (Å²) in [5.41, 5.74) is 0.425. The Morgan fingerprint density at radius 1 is 1.40 bits per heavy atom. The van der Waals surface area contributed by atoms with Gasteiger partial charge in [0.2, 0.25) is 0 Å². The summed E-state index contributed by atoms with van der Waals surface area (Å²) in [6.45, 7) is 3.59. The SMILES string of the molecule is COc1ccc(C(=O)OC(C)C)cc1Cl. The molecule has 3 nitrogen and oxygen atoms in total. The maximum absolute atomic E-state index is 11.5. The average Bonchev–Trinajstić information content (AvgIpc) is 2.16. The summed E-state index contributed by atoms with van der Waals surface area (Å²) in [6, 6.07) is 4.79. The molecule has 0 amide bonds. The summed E-state index contributed by atoms with van der Waals surface area (Å²) in [5.74, 6) is 0.160. The molecule has 0 aliphatic heterocycles. The maximum Gasteiger partial charge on any atom is 0.338 e. The second-order valence-electron chi connectivity index (χ2n) is 3.30. The highest BCUT2D eigenvalue weighted by Crippen LogP contribution is 2.25. The molecule has 82 valence electrons. The molecule has 0 bridgehead atoms. The highest BCUT2D eigenvalue weighted by Gasteiger charge is 2.11. The van der Waals surface area contributed by atoms with Gasteiger partial charge in [0.15, 0.2) is 0 Å². The first-order valence-electron chi connectivity index (χ1n) is 4.59. The molecule has 1 aromatic rings. The van der Waals surface area contributed by atoms with Crippen LogP contribution in [0.5, 0.6) is 5.75 Å². The Balaban J connectivity index is 2.87. The van der Waals surface area contributed by atoms with E-state index in [0.717, 1.165) is 0 Å². The third kappa shape index (κ3) is 3.13. The number of halogens is 1. The fraction of sp³-hybridized carbons (Fsp3) is 0.364. The molecule has 0 aliphatic carbocycles. The van der Waals surface area contributed by atoms with Crippen molar-refractivity contribution < 1.29 is 14.3 Å². The number of carbonyl (C=O) groups is 1. The van der Waals surface area contributed by atoms with Crippen LogP contribution in [-0.2, 0) is 4.74 Å². The van der Waals surface area contributed by atoms with E-state index >= 15 is 0 Å². The van der Waals surface area contributed by atoms with Gasteiger partial charge in [0.25, 0.3) is 0 Å². The lowest BCUT2D eigenvalue weighted by molar-refractivity contribution is 0.0378. The largest absolute Gasteiger partial charge is 0.495 e. The van der Waals surface area contributed by atoms with Gasteiger partial charge in [0, 0.05) is 0 Å². The summed E-state index contributed by atoms with van der Waals surface area (Å²) < 4.78 is 10.0. The van der Waals surface area contributed by atoms with Gasteiger partial charge in [0.1, 0.15) is 5.75 Å². The summed E-state index contributed by atoms with van der Waals surface area (Å²) in [6.07, 6.45) is -0.140. The fourth-order valence-electron chi connectivity index (χ4n) is 1.08. The van der Waals surface area contributed by atoms with Crippen molar-refractivity contribution in [2.75, 3.05) is 7.11 Å². The topological polar surface area (TPSA) is 35.5 Å². The molecule has 1 rings (SSSR count). The Morgan fingerprint density at radius 2 is 2.07 bits per heavy atom. The van der Waals surface area contributed by atoms with Crippen molar-refractivity contribution in [1.82, 2.24) is 0 Å². The first kappa shape index (κ1) is 11.9. The van der Waals surface area contributed by atoms with E-state index in [2.05, 4.69) is 0 Å². The molecule has 0 heterocycles. The smallest absolute Gasteiger partial charge is 0.338 e. The van der Waals surface area contributed by atoms with Crippen LogP contribution in [0.15, 0.2) is 18.2 Å². The summed E-state index contributed by atoms with van der Waals surface area (Å²) in [5, 5.41) is 0.399. The van der Waals surface area contributed by atoms with E-state index in [1.807, 2.05) is 0 Å². The van der Waals surface area contributed by atoms with Crippen molar-refractivity contribution in [2.24, 2.45) is 0 Å². The Labute approximate surface area is 93.9 Å². The van der Waals surface area contributed by atoms with E-state index in [1.165, 1.54) is 13.2 Å². The van der Waals surface area contributed by atoms with Crippen LogP contribution in [0.1, 0.15) is 24.2 Å². The monoisotopic (exact) mass is 228 g/mol. The van der Waals surface area contributed by atoms with Gasteiger partial charge in [-0.05, 0) is 32.0 Å². The van der Waals surface area contributed by atoms with Crippen LogP contribution in [0.4, 0.5) is 0 Å². The zero-order chi connectivity index (χ0) is 11.4. The predicted molar refractivity (Wildman–Crippen MR) is 58.6 cm³/mol. The van der Waals surface area contributed by atoms with E-state index in [-0.39, 0.29) is 12.1 Å². The molecule has 0 aromatic heterocycles. The van der Waals surface area contributed by atoms with Gasteiger partial charge < -0.3 is 9.47 Å². The molecule has 0 spiro atoms. The molecule has 0 atom stereocenters. The van der Waals surface area contributed by atoms with Gasteiger partial charge >= 0.3 is 5.97 Å². The quantitative estimate of drug-likeness (QED) is 0.747. The summed E-state index contributed by atoms with van der Waals surface area (Å²) in [7, 11) is 1.52.